The van der Waals surface area contributed by atoms with E-state index >= 15 is 0 Å². The highest BCUT2D eigenvalue weighted by atomic mass is 35.5. The van der Waals surface area contributed by atoms with Crippen LogP contribution in [0, 0.1) is 0 Å². The van der Waals surface area contributed by atoms with Crippen molar-refractivity contribution < 1.29 is 22.7 Å². The summed E-state index contributed by atoms with van der Waals surface area (Å²) < 4.78 is 43.0. The molecule has 0 spiro atoms. The number of carbonyl (C=O) groups excluding carboxylic acids is 1. The van der Waals surface area contributed by atoms with Crippen molar-refractivity contribution in [1.82, 2.24) is 9.78 Å². The Morgan fingerprint density at radius 1 is 1.53 bits per heavy atom. The number of rotatable bonds is 3. The Morgan fingerprint density at radius 2 is 2.12 bits per heavy atom. The quantitative estimate of drug-likeness (QED) is 0.634. The van der Waals surface area contributed by atoms with Crippen LogP contribution in [-0.2, 0) is 29.4 Å². The Bertz CT molecular complexity index is 431. The minimum Gasteiger partial charge on any atom is -0.460 e. The summed E-state index contributed by atoms with van der Waals surface area (Å²) >= 11 is 10.8. The van der Waals surface area contributed by atoms with E-state index in [0.717, 1.165) is 4.68 Å². The van der Waals surface area contributed by atoms with E-state index in [9.17, 15) is 18.0 Å². The highest BCUT2D eigenvalue weighted by Crippen LogP contribution is 2.34. The molecule has 0 aliphatic carbocycles. The van der Waals surface area contributed by atoms with Crippen LogP contribution in [0.15, 0.2) is 0 Å². The van der Waals surface area contributed by atoms with Gasteiger partial charge in [-0.15, -0.1) is 11.6 Å². The van der Waals surface area contributed by atoms with E-state index in [2.05, 4.69) is 9.84 Å². The lowest BCUT2D eigenvalue weighted by Gasteiger charge is -2.06. The first-order chi connectivity index (χ1) is 7.77. The van der Waals surface area contributed by atoms with Crippen LogP contribution in [0.25, 0.3) is 0 Å². The van der Waals surface area contributed by atoms with E-state index in [-0.39, 0.29) is 10.7 Å². The lowest BCUT2D eigenvalue weighted by Crippen LogP contribution is -2.12. The summed E-state index contributed by atoms with van der Waals surface area (Å²) in [7, 11) is 1.25. The molecule has 96 valence electrons. The average Bonchev–Trinajstić information content (AvgIpc) is 2.52. The molecule has 0 amide bonds. The molecule has 1 rings (SSSR count). The van der Waals surface area contributed by atoms with E-state index in [0.29, 0.717) is 0 Å². The fraction of sp³-hybridized carbons (Fsp3) is 0.500. The van der Waals surface area contributed by atoms with Gasteiger partial charge in [-0.3, -0.25) is 9.48 Å². The SMILES string of the molecule is Cn1nc(C(F)(F)F)c(COC(=O)CCl)c1Cl. The smallest absolute Gasteiger partial charge is 0.435 e. The monoisotopic (exact) mass is 290 g/mol. The number of aryl methyl sites for hydroxylation is 1. The summed E-state index contributed by atoms with van der Waals surface area (Å²) in [4.78, 5) is 10.8. The molecule has 1 aromatic rings. The molecule has 0 bridgehead atoms. The lowest BCUT2D eigenvalue weighted by atomic mass is 10.2. The lowest BCUT2D eigenvalue weighted by molar-refractivity contribution is -0.147. The van der Waals surface area contributed by atoms with Gasteiger partial charge in [0.1, 0.15) is 17.6 Å². The normalized spacial score (nSPS) is 11.6. The third-order valence-electron chi connectivity index (χ3n) is 1.82. The van der Waals surface area contributed by atoms with E-state index in [1.807, 2.05) is 0 Å². The van der Waals surface area contributed by atoms with Gasteiger partial charge in [0.25, 0.3) is 0 Å². The molecular formula is C8H7Cl2F3N2O2. The van der Waals surface area contributed by atoms with Crippen molar-refractivity contribution in [3.05, 3.63) is 16.4 Å². The van der Waals surface area contributed by atoms with E-state index < -0.39 is 30.3 Å². The molecule has 17 heavy (non-hydrogen) atoms. The van der Waals surface area contributed by atoms with E-state index in [1.165, 1.54) is 7.05 Å². The molecular weight excluding hydrogens is 284 g/mol. The second kappa shape index (κ2) is 5.14. The van der Waals surface area contributed by atoms with Gasteiger partial charge in [-0.05, 0) is 0 Å². The van der Waals surface area contributed by atoms with Crippen molar-refractivity contribution in [2.45, 2.75) is 12.8 Å². The number of ether oxygens (including phenoxy) is 1. The maximum Gasteiger partial charge on any atom is 0.435 e. The standard InChI is InChI=1S/C8H7Cl2F3N2O2/c1-15-7(10)4(3-17-5(16)2-9)6(14-15)8(11,12)13/h2-3H2,1H3. The van der Waals surface area contributed by atoms with Gasteiger partial charge >= 0.3 is 12.1 Å². The predicted molar refractivity (Wildman–Crippen MR) is 53.7 cm³/mol. The summed E-state index contributed by atoms with van der Waals surface area (Å²) in [5.41, 5.74) is -1.56. The Kier molecular flexibility index (Phi) is 4.26. The van der Waals surface area contributed by atoms with E-state index in [4.69, 9.17) is 23.2 Å². The molecule has 0 atom stereocenters. The first kappa shape index (κ1) is 14.1. The molecule has 0 aliphatic rings. The summed E-state index contributed by atoms with van der Waals surface area (Å²) in [6, 6.07) is 0. The van der Waals surface area contributed by atoms with Crippen molar-refractivity contribution in [1.29, 1.82) is 0 Å². The van der Waals surface area contributed by atoms with Crippen molar-refractivity contribution in [3.63, 3.8) is 0 Å². The van der Waals surface area contributed by atoms with Gasteiger partial charge in [0.2, 0.25) is 0 Å². The minimum absolute atomic E-state index is 0.236. The fourth-order valence-corrected chi connectivity index (χ4v) is 1.35. The zero-order chi connectivity index (χ0) is 13.2. The van der Waals surface area contributed by atoms with Crippen LogP contribution in [0.2, 0.25) is 5.15 Å². The zero-order valence-electron chi connectivity index (χ0n) is 8.51. The Labute approximate surface area is 104 Å². The van der Waals surface area contributed by atoms with Gasteiger partial charge < -0.3 is 4.74 Å². The molecule has 1 heterocycles. The van der Waals surface area contributed by atoms with E-state index in [1.54, 1.807) is 0 Å². The maximum absolute atomic E-state index is 12.5. The van der Waals surface area contributed by atoms with Crippen molar-refractivity contribution in [2.75, 3.05) is 5.88 Å². The maximum atomic E-state index is 12.5. The first-order valence-corrected chi connectivity index (χ1v) is 5.18. The topological polar surface area (TPSA) is 44.1 Å². The number of hydrogen-bond acceptors (Lipinski definition) is 3. The summed E-state index contributed by atoms with van der Waals surface area (Å²) in [5, 5.41) is 2.98. The van der Waals surface area contributed by atoms with Crippen LogP contribution < -0.4 is 0 Å². The molecule has 0 saturated carbocycles. The Balaban J connectivity index is 3.01. The second-order valence-electron chi connectivity index (χ2n) is 3.03. The van der Waals surface area contributed by atoms with Crippen molar-refractivity contribution in [3.8, 4) is 0 Å². The molecule has 9 heteroatoms. The number of nitrogens with zero attached hydrogens (tertiary/aromatic N) is 2. The van der Waals surface area contributed by atoms with Crippen molar-refractivity contribution in [2.24, 2.45) is 7.05 Å². The second-order valence-corrected chi connectivity index (χ2v) is 3.66. The summed E-state index contributed by atoms with van der Waals surface area (Å²) in [6.45, 7) is -0.618. The number of carbonyl (C=O) groups is 1. The van der Waals surface area contributed by atoms with Crippen LogP contribution in [-0.4, -0.2) is 21.6 Å². The predicted octanol–water partition coefficient (Wildman–Crippen LogP) is 2.37. The number of halogens is 5. The van der Waals surface area contributed by atoms with Gasteiger partial charge in [0, 0.05) is 7.05 Å². The number of aromatic nitrogens is 2. The largest absolute Gasteiger partial charge is 0.460 e. The number of esters is 1. The Hall–Kier alpha value is -0.950. The summed E-state index contributed by atoms with van der Waals surface area (Å²) in [5.74, 6) is -1.28. The zero-order valence-corrected chi connectivity index (χ0v) is 10.0. The molecule has 0 radical (unpaired) electrons. The highest BCUT2D eigenvalue weighted by molar-refractivity contribution is 6.30. The van der Waals surface area contributed by atoms with Crippen LogP contribution in [0.5, 0.6) is 0 Å². The number of hydrogen-bond donors (Lipinski definition) is 0. The Morgan fingerprint density at radius 3 is 2.59 bits per heavy atom. The molecule has 0 saturated heterocycles. The first-order valence-electron chi connectivity index (χ1n) is 4.27. The summed E-state index contributed by atoms with van der Waals surface area (Å²) in [6.07, 6.45) is -4.66. The molecule has 0 fully saturated rings. The molecule has 1 aromatic heterocycles. The third-order valence-corrected chi connectivity index (χ3v) is 2.52. The van der Waals surface area contributed by atoms with Gasteiger partial charge in [-0.25, -0.2) is 0 Å². The number of alkyl halides is 4. The average molecular weight is 291 g/mol. The molecule has 0 aromatic carbocycles. The van der Waals surface area contributed by atoms with Crippen LogP contribution in [0.1, 0.15) is 11.3 Å². The minimum atomic E-state index is -4.66. The van der Waals surface area contributed by atoms with Gasteiger partial charge in [-0.2, -0.15) is 18.3 Å². The van der Waals surface area contributed by atoms with Gasteiger partial charge in [0.15, 0.2) is 5.69 Å². The molecule has 0 aliphatic heterocycles. The fourth-order valence-electron chi connectivity index (χ4n) is 1.09. The molecule has 0 N–H and O–H groups in total. The molecule has 4 nitrogen and oxygen atoms in total. The third kappa shape index (κ3) is 3.26. The van der Waals surface area contributed by atoms with Crippen LogP contribution in [0.3, 0.4) is 0 Å². The van der Waals surface area contributed by atoms with Crippen molar-refractivity contribution >= 4 is 29.2 Å². The van der Waals surface area contributed by atoms with Gasteiger partial charge in [0.05, 0.1) is 5.56 Å². The highest BCUT2D eigenvalue weighted by Gasteiger charge is 2.38. The molecule has 0 unspecified atom stereocenters. The van der Waals surface area contributed by atoms with Crippen LogP contribution in [0.4, 0.5) is 13.2 Å². The van der Waals surface area contributed by atoms with Crippen LogP contribution >= 0.6 is 23.2 Å². The van der Waals surface area contributed by atoms with Gasteiger partial charge in [-0.1, -0.05) is 11.6 Å².